The molecule has 0 radical (unpaired) electrons. The monoisotopic (exact) mass is 271 g/mol. The summed E-state index contributed by atoms with van der Waals surface area (Å²) in [6.45, 7) is 5.00. The third-order valence-corrected chi connectivity index (χ3v) is 4.15. The van der Waals surface area contributed by atoms with Gasteiger partial charge < -0.3 is 10.4 Å². The highest BCUT2D eigenvalue weighted by atomic mass is 16.2. The molecule has 1 fully saturated rings. The number of hydrogen-bond donors (Lipinski definition) is 2. The van der Waals surface area contributed by atoms with Crippen LogP contribution in [0.5, 0.6) is 0 Å². The fourth-order valence-electron chi connectivity index (χ4n) is 2.36. The van der Waals surface area contributed by atoms with Crippen molar-refractivity contribution in [1.29, 1.82) is 0 Å². The lowest BCUT2D eigenvalue weighted by Crippen LogP contribution is -2.32. The lowest BCUT2D eigenvalue weighted by atomic mass is 9.92. The van der Waals surface area contributed by atoms with Crippen molar-refractivity contribution in [2.75, 3.05) is 13.2 Å². The summed E-state index contributed by atoms with van der Waals surface area (Å²) >= 11 is 0. The molecular weight excluding hydrogens is 250 g/mol. The summed E-state index contributed by atoms with van der Waals surface area (Å²) in [7, 11) is 0. The number of amides is 1. The fraction of sp³-hybridized carbons (Fsp3) is 0.471. The maximum absolute atomic E-state index is 12.2. The van der Waals surface area contributed by atoms with Crippen molar-refractivity contribution < 1.29 is 9.90 Å². The number of aliphatic hydroxyl groups is 1. The van der Waals surface area contributed by atoms with Gasteiger partial charge in [0.2, 0.25) is 0 Å². The molecule has 2 N–H and O–H groups in total. The average Bonchev–Trinajstić information content (AvgIpc) is 3.24. The van der Waals surface area contributed by atoms with E-state index in [1.165, 1.54) is 12.8 Å². The van der Waals surface area contributed by atoms with Gasteiger partial charge in [-0.3, -0.25) is 4.79 Å². The molecule has 0 aromatic heterocycles. The zero-order valence-electron chi connectivity index (χ0n) is 12.1. The number of hydrogen-bond acceptors (Lipinski definition) is 2. The molecule has 1 aromatic rings. The van der Waals surface area contributed by atoms with Crippen LogP contribution in [0.3, 0.4) is 0 Å². The van der Waals surface area contributed by atoms with Crippen LogP contribution in [0.2, 0.25) is 0 Å². The van der Waals surface area contributed by atoms with Crippen LogP contribution < -0.4 is 5.32 Å². The molecule has 0 atom stereocenters. The summed E-state index contributed by atoms with van der Waals surface area (Å²) < 4.78 is 0. The Balaban J connectivity index is 1.99. The third-order valence-electron chi connectivity index (χ3n) is 4.15. The molecule has 0 aliphatic heterocycles. The highest BCUT2D eigenvalue weighted by Crippen LogP contribution is 2.51. The molecule has 3 heteroatoms. The van der Waals surface area contributed by atoms with Crippen molar-refractivity contribution in [3.05, 3.63) is 35.4 Å². The van der Waals surface area contributed by atoms with Gasteiger partial charge >= 0.3 is 0 Å². The fourth-order valence-corrected chi connectivity index (χ4v) is 2.36. The number of nitrogens with one attached hydrogen (secondary N) is 1. The van der Waals surface area contributed by atoms with E-state index in [0.29, 0.717) is 16.9 Å². The van der Waals surface area contributed by atoms with Gasteiger partial charge in [0.1, 0.15) is 6.61 Å². The van der Waals surface area contributed by atoms with Gasteiger partial charge in [-0.25, -0.2) is 0 Å². The summed E-state index contributed by atoms with van der Waals surface area (Å²) in [4.78, 5) is 12.2. The molecule has 0 spiro atoms. The van der Waals surface area contributed by atoms with Gasteiger partial charge in [-0.05, 0) is 42.4 Å². The van der Waals surface area contributed by atoms with E-state index in [2.05, 4.69) is 31.0 Å². The van der Waals surface area contributed by atoms with Crippen molar-refractivity contribution in [1.82, 2.24) is 5.32 Å². The van der Waals surface area contributed by atoms with Crippen molar-refractivity contribution >= 4 is 5.91 Å². The summed E-state index contributed by atoms with van der Waals surface area (Å²) in [5.74, 6) is 5.95. The van der Waals surface area contributed by atoms with Crippen LogP contribution in [0.15, 0.2) is 24.3 Å². The lowest BCUT2D eigenvalue weighted by molar-refractivity contribution is 0.0939. The Kier molecular flexibility index (Phi) is 4.46. The zero-order valence-corrected chi connectivity index (χ0v) is 12.1. The minimum atomic E-state index is -0.173. The zero-order chi connectivity index (χ0) is 14.6. The molecule has 3 nitrogen and oxygen atoms in total. The van der Waals surface area contributed by atoms with E-state index in [-0.39, 0.29) is 12.5 Å². The SMILES string of the molecule is CC(C)C1(CNC(=O)c2cccc(C#CCO)c2)CC1. The van der Waals surface area contributed by atoms with Crippen LogP contribution in [0.1, 0.15) is 42.6 Å². The molecule has 1 aromatic carbocycles. The normalized spacial score (nSPS) is 15.4. The molecule has 0 heterocycles. The first-order valence-electron chi connectivity index (χ1n) is 7.05. The van der Waals surface area contributed by atoms with Gasteiger partial charge in [0, 0.05) is 17.7 Å². The number of aliphatic hydroxyl groups excluding tert-OH is 1. The van der Waals surface area contributed by atoms with Crippen LogP contribution in [0, 0.1) is 23.2 Å². The third kappa shape index (κ3) is 3.40. The Morgan fingerprint density at radius 3 is 2.80 bits per heavy atom. The minimum absolute atomic E-state index is 0.0513. The Hall–Kier alpha value is -1.79. The van der Waals surface area contributed by atoms with Crippen molar-refractivity contribution in [2.24, 2.45) is 11.3 Å². The van der Waals surface area contributed by atoms with E-state index < -0.39 is 0 Å². The van der Waals surface area contributed by atoms with E-state index >= 15 is 0 Å². The van der Waals surface area contributed by atoms with E-state index in [0.717, 1.165) is 12.1 Å². The molecule has 1 aliphatic rings. The first kappa shape index (κ1) is 14.6. The van der Waals surface area contributed by atoms with Gasteiger partial charge in [-0.1, -0.05) is 31.8 Å². The van der Waals surface area contributed by atoms with Crippen LogP contribution in [0.4, 0.5) is 0 Å². The Labute approximate surface area is 120 Å². The Bertz CT molecular complexity index is 548. The molecule has 20 heavy (non-hydrogen) atoms. The molecule has 0 bridgehead atoms. The van der Waals surface area contributed by atoms with Crippen LogP contribution in [0.25, 0.3) is 0 Å². The molecule has 0 unspecified atom stereocenters. The Morgan fingerprint density at radius 2 is 2.20 bits per heavy atom. The van der Waals surface area contributed by atoms with Crippen molar-refractivity contribution in [2.45, 2.75) is 26.7 Å². The van der Waals surface area contributed by atoms with E-state index in [1.54, 1.807) is 12.1 Å². The number of carbonyl (C=O) groups is 1. The standard InChI is InChI=1S/C17H21NO2/c1-13(2)17(8-9-17)12-18-16(20)15-7-3-5-14(11-15)6-4-10-19/h3,5,7,11,13,19H,8-10,12H2,1-2H3,(H,18,20). The maximum atomic E-state index is 12.2. The number of rotatable bonds is 4. The van der Waals surface area contributed by atoms with Crippen LogP contribution in [-0.2, 0) is 0 Å². The highest BCUT2D eigenvalue weighted by Gasteiger charge is 2.45. The second kappa shape index (κ2) is 6.11. The van der Waals surface area contributed by atoms with Crippen molar-refractivity contribution in [3.63, 3.8) is 0 Å². The molecule has 106 valence electrons. The number of carbonyl (C=O) groups excluding carboxylic acids is 1. The highest BCUT2D eigenvalue weighted by molar-refractivity contribution is 5.94. The number of benzene rings is 1. The van der Waals surface area contributed by atoms with Gasteiger partial charge in [0.25, 0.3) is 5.91 Å². The van der Waals surface area contributed by atoms with Gasteiger partial charge in [0.15, 0.2) is 0 Å². The first-order valence-corrected chi connectivity index (χ1v) is 7.05. The van der Waals surface area contributed by atoms with Gasteiger partial charge in [-0.2, -0.15) is 0 Å². The molecule has 2 rings (SSSR count). The predicted molar refractivity (Wildman–Crippen MR) is 79.2 cm³/mol. The van der Waals surface area contributed by atoms with Crippen LogP contribution >= 0.6 is 0 Å². The summed E-state index contributed by atoms with van der Waals surface area (Å²) in [5, 5.41) is 11.7. The minimum Gasteiger partial charge on any atom is -0.384 e. The Morgan fingerprint density at radius 1 is 1.45 bits per heavy atom. The molecular formula is C17H21NO2. The topological polar surface area (TPSA) is 49.3 Å². The summed E-state index contributed by atoms with van der Waals surface area (Å²) in [6.07, 6.45) is 2.40. The smallest absolute Gasteiger partial charge is 0.251 e. The largest absolute Gasteiger partial charge is 0.384 e. The molecule has 0 saturated heterocycles. The van der Waals surface area contributed by atoms with E-state index in [9.17, 15) is 4.79 Å². The average molecular weight is 271 g/mol. The summed E-state index contributed by atoms with van der Waals surface area (Å²) in [5.41, 5.74) is 1.68. The van der Waals surface area contributed by atoms with Gasteiger partial charge in [0.05, 0.1) is 0 Å². The predicted octanol–water partition coefficient (Wildman–Crippen LogP) is 2.20. The van der Waals surface area contributed by atoms with Gasteiger partial charge in [-0.15, -0.1) is 0 Å². The van der Waals surface area contributed by atoms with E-state index in [1.807, 2.05) is 12.1 Å². The van der Waals surface area contributed by atoms with Crippen molar-refractivity contribution in [3.8, 4) is 11.8 Å². The second-order valence-electron chi connectivity index (χ2n) is 5.74. The quantitative estimate of drug-likeness (QED) is 0.825. The molecule has 1 saturated carbocycles. The lowest BCUT2D eigenvalue weighted by Gasteiger charge is -2.20. The molecule has 1 amide bonds. The first-order chi connectivity index (χ1) is 9.57. The molecule has 1 aliphatic carbocycles. The maximum Gasteiger partial charge on any atom is 0.251 e. The second-order valence-corrected chi connectivity index (χ2v) is 5.74. The van der Waals surface area contributed by atoms with Crippen LogP contribution in [-0.4, -0.2) is 24.2 Å². The van der Waals surface area contributed by atoms with E-state index in [4.69, 9.17) is 5.11 Å². The summed E-state index contributed by atoms with van der Waals surface area (Å²) in [6, 6.07) is 7.18.